The first kappa shape index (κ1) is 12.3. The van der Waals surface area contributed by atoms with Crippen LogP contribution in [-0.4, -0.2) is 5.78 Å². The summed E-state index contributed by atoms with van der Waals surface area (Å²) in [6.45, 7) is 0. The second kappa shape index (κ2) is 4.98. The minimum atomic E-state index is -0.552. The normalized spacial score (nSPS) is 10.3. The average molecular weight is 314 g/mol. The Bertz CT molecular complexity index is 563. The van der Waals surface area contributed by atoms with Gasteiger partial charge in [-0.1, -0.05) is 29.8 Å². The van der Waals surface area contributed by atoms with Crippen LogP contribution < -0.4 is 0 Å². The average Bonchev–Trinajstić information content (AvgIpc) is 2.28. The van der Waals surface area contributed by atoms with E-state index in [1.165, 1.54) is 18.2 Å². The van der Waals surface area contributed by atoms with E-state index < -0.39 is 11.6 Å². The third-order valence-electron chi connectivity index (χ3n) is 2.28. The maximum absolute atomic E-state index is 13.6. The van der Waals surface area contributed by atoms with Crippen molar-refractivity contribution in [1.29, 1.82) is 0 Å². The molecule has 0 saturated carbocycles. The molecule has 0 N–H and O–H groups in total. The minimum absolute atomic E-state index is 0.0229. The van der Waals surface area contributed by atoms with Crippen molar-refractivity contribution in [2.45, 2.75) is 0 Å². The number of rotatable bonds is 2. The molecule has 2 rings (SSSR count). The molecule has 0 aromatic heterocycles. The van der Waals surface area contributed by atoms with Gasteiger partial charge in [-0.25, -0.2) is 4.39 Å². The molecule has 0 unspecified atom stereocenters. The minimum Gasteiger partial charge on any atom is -0.288 e. The predicted molar refractivity (Wildman–Crippen MR) is 69.0 cm³/mol. The fourth-order valence-electron chi connectivity index (χ4n) is 1.49. The molecule has 0 heterocycles. The van der Waals surface area contributed by atoms with E-state index in [2.05, 4.69) is 15.9 Å². The first-order valence-corrected chi connectivity index (χ1v) is 6.01. The monoisotopic (exact) mass is 312 g/mol. The topological polar surface area (TPSA) is 17.1 Å². The van der Waals surface area contributed by atoms with Gasteiger partial charge in [0, 0.05) is 15.1 Å². The quantitative estimate of drug-likeness (QED) is 0.748. The maximum atomic E-state index is 13.6. The van der Waals surface area contributed by atoms with Gasteiger partial charge in [0.2, 0.25) is 0 Å². The van der Waals surface area contributed by atoms with Crippen LogP contribution in [0, 0.1) is 5.82 Å². The number of halogens is 3. The number of hydrogen-bond donors (Lipinski definition) is 0. The van der Waals surface area contributed by atoms with Gasteiger partial charge in [0.05, 0.1) is 5.56 Å². The summed E-state index contributed by atoms with van der Waals surface area (Å²) in [5, 5.41) is 0.448. The van der Waals surface area contributed by atoms with E-state index >= 15 is 0 Å². The number of hydrogen-bond acceptors (Lipinski definition) is 1. The summed E-state index contributed by atoms with van der Waals surface area (Å²) in [7, 11) is 0. The highest BCUT2D eigenvalue weighted by molar-refractivity contribution is 9.10. The molecule has 0 aliphatic carbocycles. The summed E-state index contributed by atoms with van der Waals surface area (Å²) in [6, 6.07) is 10.9. The van der Waals surface area contributed by atoms with Gasteiger partial charge in [-0.05, 0) is 40.2 Å². The molecule has 2 aromatic carbocycles. The fraction of sp³-hybridized carbons (Fsp3) is 0. The van der Waals surface area contributed by atoms with Crippen molar-refractivity contribution in [1.82, 2.24) is 0 Å². The zero-order valence-electron chi connectivity index (χ0n) is 8.58. The van der Waals surface area contributed by atoms with Crippen LogP contribution in [0.1, 0.15) is 15.9 Å². The van der Waals surface area contributed by atoms with Crippen molar-refractivity contribution in [3.8, 4) is 0 Å². The summed E-state index contributed by atoms with van der Waals surface area (Å²) in [6.07, 6.45) is 0. The van der Waals surface area contributed by atoms with Crippen LogP contribution in [0.5, 0.6) is 0 Å². The van der Waals surface area contributed by atoms with E-state index in [0.29, 0.717) is 15.1 Å². The van der Waals surface area contributed by atoms with E-state index in [1.807, 2.05) is 0 Å². The zero-order valence-corrected chi connectivity index (χ0v) is 10.9. The molecule has 0 atom stereocenters. The van der Waals surface area contributed by atoms with Crippen molar-refractivity contribution in [2.24, 2.45) is 0 Å². The highest BCUT2D eigenvalue weighted by Crippen LogP contribution is 2.23. The lowest BCUT2D eigenvalue weighted by Crippen LogP contribution is -2.05. The molecule has 0 bridgehead atoms. The lowest BCUT2D eigenvalue weighted by molar-refractivity contribution is 0.103. The highest BCUT2D eigenvalue weighted by Gasteiger charge is 2.17. The molecule has 17 heavy (non-hydrogen) atoms. The Labute approximate surface area is 111 Å². The van der Waals surface area contributed by atoms with Gasteiger partial charge < -0.3 is 0 Å². The molecule has 0 spiro atoms. The van der Waals surface area contributed by atoms with Gasteiger partial charge in [-0.3, -0.25) is 4.79 Å². The lowest BCUT2D eigenvalue weighted by Gasteiger charge is -2.05. The standard InChI is InChI=1S/C13H7BrClFO/c14-10-5-2-6-11(16)12(10)13(17)8-3-1-4-9(15)7-8/h1-7H. The van der Waals surface area contributed by atoms with Gasteiger partial charge in [0.25, 0.3) is 0 Å². The number of ketones is 1. The van der Waals surface area contributed by atoms with E-state index in [0.717, 1.165) is 0 Å². The van der Waals surface area contributed by atoms with Crippen molar-refractivity contribution in [3.05, 3.63) is 68.9 Å². The number of benzene rings is 2. The molecule has 86 valence electrons. The maximum Gasteiger partial charge on any atom is 0.197 e. The molecule has 0 saturated heterocycles. The lowest BCUT2D eigenvalue weighted by atomic mass is 10.0. The predicted octanol–water partition coefficient (Wildman–Crippen LogP) is 4.47. The SMILES string of the molecule is O=C(c1cccc(Cl)c1)c1c(F)cccc1Br. The molecule has 2 aromatic rings. The molecule has 0 radical (unpaired) electrons. The summed E-state index contributed by atoms with van der Waals surface area (Å²) in [4.78, 5) is 12.1. The largest absolute Gasteiger partial charge is 0.288 e. The van der Waals surface area contributed by atoms with E-state index in [4.69, 9.17) is 11.6 Å². The molecule has 1 nitrogen and oxygen atoms in total. The molecule has 0 aliphatic rings. The third-order valence-corrected chi connectivity index (χ3v) is 3.17. The molecule has 0 fully saturated rings. The van der Waals surface area contributed by atoms with Crippen molar-refractivity contribution >= 4 is 33.3 Å². The van der Waals surface area contributed by atoms with Crippen LogP contribution >= 0.6 is 27.5 Å². The molecular formula is C13H7BrClFO. The van der Waals surface area contributed by atoms with Crippen LogP contribution in [0.3, 0.4) is 0 Å². The first-order chi connectivity index (χ1) is 8.09. The Balaban J connectivity index is 2.51. The zero-order chi connectivity index (χ0) is 12.4. The third kappa shape index (κ3) is 2.56. The van der Waals surface area contributed by atoms with Crippen LogP contribution in [0.15, 0.2) is 46.9 Å². The molecule has 4 heteroatoms. The molecule has 0 aliphatic heterocycles. The second-order valence-corrected chi connectivity index (χ2v) is 4.73. The Kier molecular flexibility index (Phi) is 3.60. The fourth-order valence-corrected chi connectivity index (χ4v) is 2.20. The van der Waals surface area contributed by atoms with Crippen LogP contribution in [-0.2, 0) is 0 Å². The van der Waals surface area contributed by atoms with Crippen molar-refractivity contribution in [3.63, 3.8) is 0 Å². The Morgan fingerprint density at radius 1 is 1.18 bits per heavy atom. The van der Waals surface area contributed by atoms with Gasteiger partial charge >= 0.3 is 0 Å². The van der Waals surface area contributed by atoms with Crippen LogP contribution in [0.25, 0.3) is 0 Å². The molecule has 0 amide bonds. The summed E-state index contributed by atoms with van der Waals surface area (Å²) >= 11 is 8.97. The van der Waals surface area contributed by atoms with E-state index in [-0.39, 0.29) is 5.56 Å². The number of carbonyl (C=O) groups is 1. The summed E-state index contributed by atoms with van der Waals surface area (Å²) < 4.78 is 14.0. The van der Waals surface area contributed by atoms with Crippen LogP contribution in [0.4, 0.5) is 4.39 Å². The van der Waals surface area contributed by atoms with Gasteiger partial charge in [-0.2, -0.15) is 0 Å². The molecular weight excluding hydrogens is 306 g/mol. The van der Waals surface area contributed by atoms with Crippen LogP contribution in [0.2, 0.25) is 5.02 Å². The Hall–Kier alpha value is -1.19. The van der Waals surface area contributed by atoms with Gasteiger partial charge in [0.1, 0.15) is 5.82 Å². The van der Waals surface area contributed by atoms with E-state index in [9.17, 15) is 9.18 Å². The smallest absolute Gasteiger partial charge is 0.197 e. The summed E-state index contributed by atoms with van der Waals surface area (Å²) in [5.41, 5.74) is 0.387. The Morgan fingerprint density at radius 2 is 1.88 bits per heavy atom. The van der Waals surface area contributed by atoms with E-state index in [1.54, 1.807) is 24.3 Å². The Morgan fingerprint density at radius 3 is 2.53 bits per heavy atom. The van der Waals surface area contributed by atoms with Gasteiger partial charge in [0.15, 0.2) is 5.78 Å². The van der Waals surface area contributed by atoms with Crippen molar-refractivity contribution in [2.75, 3.05) is 0 Å². The highest BCUT2D eigenvalue weighted by atomic mass is 79.9. The number of carbonyl (C=O) groups excluding carboxylic acids is 1. The first-order valence-electron chi connectivity index (χ1n) is 4.84. The second-order valence-electron chi connectivity index (χ2n) is 3.44. The van der Waals surface area contributed by atoms with Gasteiger partial charge in [-0.15, -0.1) is 0 Å². The summed E-state index contributed by atoms with van der Waals surface area (Å²) in [5.74, 6) is -0.943. The van der Waals surface area contributed by atoms with Crippen molar-refractivity contribution < 1.29 is 9.18 Å².